The van der Waals surface area contributed by atoms with E-state index in [0.29, 0.717) is 6.17 Å². The summed E-state index contributed by atoms with van der Waals surface area (Å²) in [6, 6.07) is 0. The van der Waals surface area contributed by atoms with Crippen LogP contribution in [-0.2, 0) is 0 Å². The summed E-state index contributed by atoms with van der Waals surface area (Å²) in [6.45, 7) is 5.72. The van der Waals surface area contributed by atoms with Gasteiger partial charge in [-0.25, -0.2) is 2.70 Å². The number of hydrogen-bond acceptors (Lipinski definition) is 1. The average molecular weight is 267 g/mol. The van der Waals surface area contributed by atoms with Crippen molar-refractivity contribution in [2.24, 2.45) is 0 Å². The fraction of sp³-hybridized carbons (Fsp3) is 0.750. The SMILES string of the molecule is CCC[N+]1(I)C=CN(C)C1C. The molecule has 0 bridgehead atoms. The Morgan fingerprint density at radius 3 is 2.64 bits per heavy atom. The molecule has 11 heavy (non-hydrogen) atoms. The van der Waals surface area contributed by atoms with Gasteiger partial charge in [0, 0.05) is 14.0 Å². The van der Waals surface area contributed by atoms with Crippen molar-refractivity contribution < 1.29 is 2.70 Å². The highest BCUT2D eigenvalue weighted by Gasteiger charge is 2.35. The molecule has 0 radical (unpaired) electrons. The molecule has 2 atom stereocenters. The first kappa shape index (κ1) is 9.32. The average Bonchev–Trinajstić information content (AvgIpc) is 2.19. The lowest BCUT2D eigenvalue weighted by molar-refractivity contribution is -0.729. The maximum absolute atomic E-state index is 2.52. The van der Waals surface area contributed by atoms with E-state index in [4.69, 9.17) is 0 Å². The molecule has 0 N–H and O–H groups in total. The number of rotatable bonds is 2. The standard InChI is InChI=1S/C8H16IN2/c1-4-6-11(9)7-5-10(3)8(11)2/h5,7-8H,4,6H2,1-3H3/q+1. The Hall–Kier alpha value is 0.230. The lowest BCUT2D eigenvalue weighted by Gasteiger charge is -2.30. The van der Waals surface area contributed by atoms with Crippen LogP contribution in [0.5, 0.6) is 0 Å². The molecule has 3 heteroatoms. The third-order valence-corrected chi connectivity index (χ3v) is 3.94. The van der Waals surface area contributed by atoms with Crippen LogP contribution >= 0.6 is 22.9 Å². The Balaban J connectivity index is 2.65. The minimum Gasteiger partial charge on any atom is -0.327 e. The summed E-state index contributed by atoms with van der Waals surface area (Å²) in [5.74, 6) is 0. The normalized spacial score (nSPS) is 36.7. The van der Waals surface area contributed by atoms with Crippen LogP contribution in [0.1, 0.15) is 20.3 Å². The van der Waals surface area contributed by atoms with Gasteiger partial charge in [-0.05, 0) is 6.42 Å². The second-order valence-electron chi connectivity index (χ2n) is 3.15. The van der Waals surface area contributed by atoms with Crippen LogP contribution < -0.4 is 0 Å². The van der Waals surface area contributed by atoms with Crippen molar-refractivity contribution in [3.05, 3.63) is 12.4 Å². The molecular weight excluding hydrogens is 251 g/mol. The number of quaternary nitrogens is 1. The predicted octanol–water partition coefficient (Wildman–Crippen LogP) is 2.33. The van der Waals surface area contributed by atoms with Crippen LogP contribution in [0.25, 0.3) is 0 Å². The van der Waals surface area contributed by atoms with E-state index in [1.807, 2.05) is 0 Å². The first-order valence-electron chi connectivity index (χ1n) is 4.08. The van der Waals surface area contributed by atoms with Crippen LogP contribution in [0.15, 0.2) is 12.4 Å². The van der Waals surface area contributed by atoms with Crippen LogP contribution in [-0.4, -0.2) is 27.4 Å². The summed E-state index contributed by atoms with van der Waals surface area (Å²) in [6.07, 6.45) is 6.28. The summed E-state index contributed by atoms with van der Waals surface area (Å²) < 4.78 is 1.03. The first-order chi connectivity index (χ1) is 5.10. The van der Waals surface area contributed by atoms with Gasteiger partial charge in [-0.2, -0.15) is 0 Å². The van der Waals surface area contributed by atoms with Crippen molar-refractivity contribution in [3.8, 4) is 0 Å². The molecule has 0 aromatic heterocycles. The van der Waals surface area contributed by atoms with E-state index in [1.54, 1.807) is 0 Å². The summed E-state index contributed by atoms with van der Waals surface area (Å²) >= 11 is 2.52. The summed E-state index contributed by atoms with van der Waals surface area (Å²) in [5.41, 5.74) is 0. The molecule has 1 heterocycles. The van der Waals surface area contributed by atoms with Gasteiger partial charge in [-0.1, -0.05) is 6.92 Å². The molecule has 1 rings (SSSR count). The molecule has 0 saturated carbocycles. The van der Waals surface area contributed by atoms with E-state index >= 15 is 0 Å². The van der Waals surface area contributed by atoms with Gasteiger partial charge in [0.2, 0.25) is 0 Å². The smallest absolute Gasteiger partial charge is 0.256 e. The van der Waals surface area contributed by atoms with E-state index in [2.05, 4.69) is 61.1 Å². The van der Waals surface area contributed by atoms with Crippen LogP contribution in [0.2, 0.25) is 0 Å². The Kier molecular flexibility index (Phi) is 2.80. The fourth-order valence-electron chi connectivity index (χ4n) is 1.37. The van der Waals surface area contributed by atoms with Crippen LogP contribution in [0.3, 0.4) is 0 Å². The van der Waals surface area contributed by atoms with E-state index < -0.39 is 0 Å². The third kappa shape index (κ3) is 1.69. The zero-order chi connectivity index (χ0) is 8.48. The molecule has 0 spiro atoms. The molecule has 2 nitrogen and oxygen atoms in total. The largest absolute Gasteiger partial charge is 0.327 e. The molecule has 0 aromatic carbocycles. The van der Waals surface area contributed by atoms with Gasteiger partial charge in [0.1, 0.15) is 6.20 Å². The van der Waals surface area contributed by atoms with Crippen molar-refractivity contribution >= 4 is 22.9 Å². The number of hydrogen-bond donors (Lipinski definition) is 0. The van der Waals surface area contributed by atoms with Crippen LogP contribution in [0.4, 0.5) is 0 Å². The van der Waals surface area contributed by atoms with Crippen molar-refractivity contribution in [2.45, 2.75) is 26.4 Å². The lowest BCUT2D eigenvalue weighted by atomic mass is 10.4. The number of halogens is 1. The fourth-order valence-corrected chi connectivity index (χ4v) is 2.39. The molecular formula is C8H16IN2+. The highest BCUT2D eigenvalue weighted by Crippen LogP contribution is 2.30. The maximum Gasteiger partial charge on any atom is 0.256 e. The van der Waals surface area contributed by atoms with Gasteiger partial charge in [0.15, 0.2) is 6.17 Å². The molecule has 0 aliphatic carbocycles. The van der Waals surface area contributed by atoms with Crippen LogP contribution in [0, 0.1) is 0 Å². The minimum atomic E-state index is 0.593. The highest BCUT2D eigenvalue weighted by atomic mass is 127. The quantitative estimate of drug-likeness (QED) is 0.548. The molecule has 1 aliphatic rings. The van der Waals surface area contributed by atoms with Gasteiger partial charge in [-0.3, -0.25) is 0 Å². The molecule has 0 fully saturated rings. The summed E-state index contributed by atoms with van der Waals surface area (Å²) in [4.78, 5) is 2.27. The van der Waals surface area contributed by atoms with Crippen molar-refractivity contribution in [2.75, 3.05) is 13.6 Å². The Morgan fingerprint density at radius 1 is 1.64 bits per heavy atom. The van der Waals surface area contributed by atoms with Gasteiger partial charge < -0.3 is 4.90 Å². The second kappa shape index (κ2) is 3.31. The lowest BCUT2D eigenvalue weighted by Crippen LogP contribution is -2.43. The van der Waals surface area contributed by atoms with Gasteiger partial charge in [0.25, 0.3) is 22.9 Å². The van der Waals surface area contributed by atoms with Gasteiger partial charge >= 0.3 is 0 Å². The van der Waals surface area contributed by atoms with E-state index in [0.717, 1.165) is 2.70 Å². The zero-order valence-electron chi connectivity index (χ0n) is 7.42. The minimum absolute atomic E-state index is 0.593. The molecule has 64 valence electrons. The van der Waals surface area contributed by atoms with E-state index in [-0.39, 0.29) is 0 Å². The summed E-state index contributed by atoms with van der Waals surface area (Å²) in [5, 5.41) is 0. The van der Waals surface area contributed by atoms with Crippen molar-refractivity contribution in [1.29, 1.82) is 0 Å². The zero-order valence-corrected chi connectivity index (χ0v) is 9.58. The summed E-state index contributed by atoms with van der Waals surface area (Å²) in [7, 11) is 2.13. The molecule has 0 saturated heterocycles. The maximum atomic E-state index is 2.52. The molecule has 1 aliphatic heterocycles. The van der Waals surface area contributed by atoms with Gasteiger partial charge in [-0.15, -0.1) is 0 Å². The van der Waals surface area contributed by atoms with Crippen molar-refractivity contribution in [1.82, 2.24) is 4.90 Å². The predicted molar refractivity (Wildman–Crippen MR) is 55.8 cm³/mol. The Labute approximate surface area is 82.9 Å². The Bertz CT molecular complexity index is 169. The third-order valence-electron chi connectivity index (χ3n) is 2.33. The van der Waals surface area contributed by atoms with E-state index in [1.165, 1.54) is 13.0 Å². The number of nitrogens with zero attached hydrogens (tertiary/aromatic N) is 2. The topological polar surface area (TPSA) is 3.24 Å². The van der Waals surface area contributed by atoms with E-state index in [9.17, 15) is 0 Å². The second-order valence-corrected chi connectivity index (χ2v) is 4.94. The van der Waals surface area contributed by atoms with Crippen molar-refractivity contribution in [3.63, 3.8) is 0 Å². The molecule has 0 aromatic rings. The molecule has 0 amide bonds. The monoisotopic (exact) mass is 267 g/mol. The highest BCUT2D eigenvalue weighted by molar-refractivity contribution is 14.1. The first-order valence-corrected chi connectivity index (χ1v) is 5.05. The molecule has 2 unspecified atom stereocenters. The Morgan fingerprint density at radius 2 is 2.27 bits per heavy atom. The van der Waals surface area contributed by atoms with Gasteiger partial charge in [0.05, 0.1) is 12.7 Å².